The summed E-state index contributed by atoms with van der Waals surface area (Å²) in [6.45, 7) is 6.05. The highest BCUT2D eigenvalue weighted by Crippen LogP contribution is 2.29. The monoisotopic (exact) mass is 347 g/mol. The largest absolute Gasteiger partial charge is 0.457 e. The number of rotatable bonds is 7. The highest BCUT2D eigenvalue weighted by Gasteiger charge is 2.06. The quantitative estimate of drug-likeness (QED) is 0.733. The van der Waals surface area contributed by atoms with Crippen LogP contribution in [-0.4, -0.2) is 6.54 Å². The molecule has 2 aromatic carbocycles. The maximum Gasteiger partial charge on any atom is 0.133 e. The molecule has 0 heterocycles. The first-order chi connectivity index (χ1) is 10.2. The molecule has 2 nitrogen and oxygen atoms in total. The molecule has 0 amide bonds. The van der Waals surface area contributed by atoms with Crippen LogP contribution in [0.1, 0.15) is 31.4 Å². The summed E-state index contributed by atoms with van der Waals surface area (Å²) in [4.78, 5) is 0. The van der Waals surface area contributed by atoms with Gasteiger partial charge in [-0.2, -0.15) is 0 Å². The lowest BCUT2D eigenvalue weighted by atomic mass is 10.1. The van der Waals surface area contributed by atoms with Crippen LogP contribution in [0.25, 0.3) is 0 Å². The van der Waals surface area contributed by atoms with E-state index in [4.69, 9.17) is 4.74 Å². The first kappa shape index (κ1) is 16.1. The average molecular weight is 348 g/mol. The molecule has 3 heteroatoms. The van der Waals surface area contributed by atoms with E-state index >= 15 is 0 Å². The van der Waals surface area contributed by atoms with Crippen molar-refractivity contribution in [3.63, 3.8) is 0 Å². The predicted octanol–water partition coefficient (Wildman–Crippen LogP) is 5.30. The van der Waals surface area contributed by atoms with E-state index in [0.717, 1.165) is 41.0 Å². The van der Waals surface area contributed by atoms with E-state index in [1.54, 1.807) is 0 Å². The Morgan fingerprint density at radius 3 is 2.48 bits per heavy atom. The molecular formula is C18H22BrNO. The van der Waals surface area contributed by atoms with Gasteiger partial charge in [0.1, 0.15) is 11.5 Å². The van der Waals surface area contributed by atoms with Gasteiger partial charge >= 0.3 is 0 Å². The van der Waals surface area contributed by atoms with Crippen LogP contribution in [0, 0.1) is 0 Å². The predicted molar refractivity (Wildman–Crippen MR) is 92.0 cm³/mol. The first-order valence-electron chi connectivity index (χ1n) is 7.49. The van der Waals surface area contributed by atoms with Crippen LogP contribution in [0.2, 0.25) is 0 Å². The van der Waals surface area contributed by atoms with Gasteiger partial charge in [0.15, 0.2) is 0 Å². The molecule has 112 valence electrons. The molecule has 0 bridgehead atoms. The van der Waals surface area contributed by atoms with Gasteiger partial charge in [0.05, 0.1) is 0 Å². The van der Waals surface area contributed by atoms with Crippen LogP contribution in [0.3, 0.4) is 0 Å². The number of nitrogens with one attached hydrogen (secondary N) is 1. The Labute approximate surface area is 135 Å². The van der Waals surface area contributed by atoms with E-state index in [1.807, 2.05) is 24.3 Å². The Bertz CT molecular complexity index is 566. The molecule has 0 radical (unpaired) electrons. The van der Waals surface area contributed by atoms with E-state index in [1.165, 1.54) is 12.0 Å². The summed E-state index contributed by atoms with van der Waals surface area (Å²) in [5.74, 6) is 1.78. The minimum absolute atomic E-state index is 0.813. The maximum atomic E-state index is 6.05. The second-order valence-electron chi connectivity index (χ2n) is 5.03. The van der Waals surface area contributed by atoms with Gasteiger partial charge in [-0.05, 0) is 42.8 Å². The second-order valence-corrected chi connectivity index (χ2v) is 5.94. The van der Waals surface area contributed by atoms with Gasteiger partial charge in [0.2, 0.25) is 0 Å². The van der Waals surface area contributed by atoms with E-state index in [-0.39, 0.29) is 0 Å². The summed E-state index contributed by atoms with van der Waals surface area (Å²) in [6, 6.07) is 14.5. The molecule has 0 unspecified atom stereocenters. The van der Waals surface area contributed by atoms with Crippen LogP contribution in [0.5, 0.6) is 11.5 Å². The lowest BCUT2D eigenvalue weighted by molar-refractivity contribution is 0.472. The third-order valence-electron chi connectivity index (χ3n) is 3.28. The van der Waals surface area contributed by atoms with Crippen molar-refractivity contribution < 1.29 is 4.74 Å². The van der Waals surface area contributed by atoms with Crippen molar-refractivity contribution in [3.05, 3.63) is 58.1 Å². The lowest BCUT2D eigenvalue weighted by Crippen LogP contribution is -2.12. The third-order valence-corrected chi connectivity index (χ3v) is 3.78. The van der Waals surface area contributed by atoms with Gasteiger partial charge in [-0.15, -0.1) is 0 Å². The Balaban J connectivity index is 2.15. The Morgan fingerprint density at radius 1 is 1.05 bits per heavy atom. The molecule has 0 aliphatic heterocycles. The van der Waals surface area contributed by atoms with Crippen molar-refractivity contribution in [2.24, 2.45) is 0 Å². The second kappa shape index (κ2) is 8.20. The highest BCUT2D eigenvalue weighted by molar-refractivity contribution is 9.10. The summed E-state index contributed by atoms with van der Waals surface area (Å²) in [5.41, 5.74) is 2.52. The Hall–Kier alpha value is -1.32. The van der Waals surface area contributed by atoms with Crippen molar-refractivity contribution in [3.8, 4) is 11.5 Å². The fourth-order valence-corrected chi connectivity index (χ4v) is 2.51. The van der Waals surface area contributed by atoms with Crippen LogP contribution in [-0.2, 0) is 13.0 Å². The Morgan fingerprint density at radius 2 is 1.81 bits per heavy atom. The fraction of sp³-hybridized carbons (Fsp3) is 0.333. The molecule has 0 saturated heterocycles. The van der Waals surface area contributed by atoms with Crippen molar-refractivity contribution in [2.75, 3.05) is 6.54 Å². The third kappa shape index (κ3) is 4.87. The molecule has 0 aromatic heterocycles. The molecule has 0 atom stereocenters. The molecule has 0 aliphatic rings. The zero-order valence-electron chi connectivity index (χ0n) is 12.7. The van der Waals surface area contributed by atoms with Crippen LogP contribution in [0.4, 0.5) is 0 Å². The molecule has 0 spiro atoms. The van der Waals surface area contributed by atoms with E-state index in [0.29, 0.717) is 0 Å². The molecular weight excluding hydrogens is 326 g/mol. The number of ether oxygens (including phenoxy) is 1. The van der Waals surface area contributed by atoms with Gasteiger partial charge in [-0.25, -0.2) is 0 Å². The Kier molecular flexibility index (Phi) is 6.27. The number of hydrogen-bond donors (Lipinski definition) is 1. The van der Waals surface area contributed by atoms with Crippen molar-refractivity contribution in [1.82, 2.24) is 5.32 Å². The fourth-order valence-electron chi connectivity index (χ4n) is 2.17. The molecule has 0 saturated carbocycles. The molecule has 2 aromatic rings. The molecule has 21 heavy (non-hydrogen) atoms. The number of hydrogen-bond acceptors (Lipinski definition) is 2. The molecule has 0 fully saturated rings. The zero-order chi connectivity index (χ0) is 15.1. The van der Waals surface area contributed by atoms with Crippen molar-refractivity contribution in [2.45, 2.75) is 33.2 Å². The maximum absolute atomic E-state index is 6.05. The van der Waals surface area contributed by atoms with Gasteiger partial charge in [-0.1, -0.05) is 54.4 Å². The average Bonchev–Trinajstić information content (AvgIpc) is 2.49. The highest BCUT2D eigenvalue weighted by atomic mass is 79.9. The molecule has 2 rings (SSSR count). The van der Waals surface area contributed by atoms with Crippen LogP contribution >= 0.6 is 15.9 Å². The van der Waals surface area contributed by atoms with Crippen LogP contribution in [0.15, 0.2) is 46.9 Å². The summed E-state index contributed by atoms with van der Waals surface area (Å²) in [6.07, 6.45) is 2.28. The summed E-state index contributed by atoms with van der Waals surface area (Å²) in [5, 5.41) is 3.34. The zero-order valence-corrected chi connectivity index (χ0v) is 14.2. The smallest absolute Gasteiger partial charge is 0.133 e. The van der Waals surface area contributed by atoms with Crippen molar-refractivity contribution in [1.29, 1.82) is 0 Å². The molecule has 0 aliphatic carbocycles. The van der Waals surface area contributed by atoms with Crippen molar-refractivity contribution >= 4 is 15.9 Å². The van der Waals surface area contributed by atoms with Gasteiger partial charge in [-0.3, -0.25) is 0 Å². The van der Waals surface area contributed by atoms with E-state index in [9.17, 15) is 0 Å². The van der Waals surface area contributed by atoms with Gasteiger partial charge in [0, 0.05) is 16.6 Å². The molecule has 1 N–H and O–H groups in total. The van der Waals surface area contributed by atoms with Gasteiger partial charge in [0.25, 0.3) is 0 Å². The van der Waals surface area contributed by atoms with E-state index in [2.05, 4.69) is 53.3 Å². The minimum Gasteiger partial charge on any atom is -0.457 e. The SMILES string of the molecule is CCCc1ccc(Oc2cc(Br)ccc2CNCC)cc1. The number of aryl methyl sites for hydroxylation is 1. The summed E-state index contributed by atoms with van der Waals surface area (Å²) >= 11 is 3.51. The summed E-state index contributed by atoms with van der Waals surface area (Å²) in [7, 11) is 0. The standard InChI is InChI=1S/C18H22BrNO/c1-3-5-14-6-10-17(11-7-14)21-18-12-16(19)9-8-15(18)13-20-4-2/h6-12,20H,3-5,13H2,1-2H3. The minimum atomic E-state index is 0.813. The number of halogens is 1. The topological polar surface area (TPSA) is 21.3 Å². The first-order valence-corrected chi connectivity index (χ1v) is 8.28. The normalized spacial score (nSPS) is 10.6. The summed E-state index contributed by atoms with van der Waals surface area (Å²) < 4.78 is 7.08. The van der Waals surface area contributed by atoms with E-state index < -0.39 is 0 Å². The number of benzene rings is 2. The van der Waals surface area contributed by atoms with Crippen LogP contribution < -0.4 is 10.1 Å². The lowest BCUT2D eigenvalue weighted by Gasteiger charge is -2.12. The van der Waals surface area contributed by atoms with Gasteiger partial charge < -0.3 is 10.1 Å².